The highest BCUT2D eigenvalue weighted by Crippen LogP contribution is 2.27. The zero-order chi connectivity index (χ0) is 14.2. The number of carbonyl (C=O) groups is 1. The summed E-state index contributed by atoms with van der Waals surface area (Å²) in [5, 5.41) is 6.27. The van der Waals surface area contributed by atoms with E-state index in [1.54, 1.807) is 0 Å². The average Bonchev–Trinajstić information content (AvgIpc) is 2.48. The van der Waals surface area contributed by atoms with Gasteiger partial charge in [-0.15, -0.1) is 12.4 Å². The summed E-state index contributed by atoms with van der Waals surface area (Å²) in [6, 6.07) is 11.0. The lowest BCUT2D eigenvalue weighted by atomic mass is 9.80. The van der Waals surface area contributed by atoms with Crippen LogP contribution >= 0.6 is 12.4 Å². The van der Waals surface area contributed by atoms with Gasteiger partial charge in [0, 0.05) is 19.0 Å². The molecule has 0 radical (unpaired) electrons. The van der Waals surface area contributed by atoms with Crippen molar-refractivity contribution in [3.8, 4) is 0 Å². The van der Waals surface area contributed by atoms with Crippen molar-refractivity contribution in [2.45, 2.75) is 44.6 Å². The average molecular weight is 311 g/mol. The number of benzene rings is 1. The lowest BCUT2D eigenvalue weighted by Crippen LogP contribution is -2.43. The molecular weight excluding hydrogens is 284 g/mol. The van der Waals surface area contributed by atoms with Crippen LogP contribution in [0.25, 0.3) is 0 Å². The molecule has 0 bridgehead atoms. The third-order valence-electron chi connectivity index (χ3n) is 4.20. The molecule has 1 aromatic rings. The van der Waals surface area contributed by atoms with Crippen LogP contribution < -0.4 is 10.6 Å². The Labute approximate surface area is 134 Å². The first-order valence-corrected chi connectivity index (χ1v) is 7.77. The molecular formula is C17H27ClN2O. The smallest absolute Gasteiger partial charge is 0.221 e. The number of rotatable bonds is 6. The lowest BCUT2D eigenvalue weighted by molar-refractivity contribution is -0.122. The Morgan fingerprint density at radius 3 is 2.62 bits per heavy atom. The summed E-state index contributed by atoms with van der Waals surface area (Å²) >= 11 is 0. The van der Waals surface area contributed by atoms with Crippen molar-refractivity contribution >= 4 is 18.3 Å². The van der Waals surface area contributed by atoms with Gasteiger partial charge in [0.05, 0.1) is 0 Å². The topological polar surface area (TPSA) is 41.1 Å². The second-order valence-corrected chi connectivity index (χ2v) is 5.76. The summed E-state index contributed by atoms with van der Waals surface area (Å²) in [4.78, 5) is 11.9. The van der Waals surface area contributed by atoms with E-state index < -0.39 is 0 Å². The van der Waals surface area contributed by atoms with Crippen LogP contribution in [0.2, 0.25) is 0 Å². The van der Waals surface area contributed by atoms with E-state index in [0.29, 0.717) is 18.4 Å². The third-order valence-corrected chi connectivity index (χ3v) is 4.20. The van der Waals surface area contributed by atoms with Crippen molar-refractivity contribution in [2.24, 2.45) is 5.92 Å². The summed E-state index contributed by atoms with van der Waals surface area (Å²) in [7, 11) is 1.88. The minimum absolute atomic E-state index is 0. The normalized spacial score (nSPS) is 21.4. The largest absolute Gasteiger partial charge is 0.353 e. The second kappa shape index (κ2) is 9.80. The molecule has 3 nitrogen and oxygen atoms in total. The lowest BCUT2D eigenvalue weighted by Gasteiger charge is -2.32. The van der Waals surface area contributed by atoms with E-state index in [0.717, 1.165) is 19.4 Å². The van der Waals surface area contributed by atoms with E-state index in [2.05, 4.69) is 41.0 Å². The fourth-order valence-corrected chi connectivity index (χ4v) is 3.08. The highest BCUT2D eigenvalue weighted by Gasteiger charge is 2.26. The first-order valence-electron chi connectivity index (χ1n) is 7.77. The third kappa shape index (κ3) is 6.06. The molecule has 1 fully saturated rings. The molecule has 0 heterocycles. The summed E-state index contributed by atoms with van der Waals surface area (Å²) in [6.07, 6.45) is 6.54. The molecule has 0 saturated heterocycles. The quantitative estimate of drug-likeness (QED) is 0.848. The minimum Gasteiger partial charge on any atom is -0.353 e. The van der Waals surface area contributed by atoms with Gasteiger partial charge >= 0.3 is 0 Å². The molecule has 1 aromatic carbocycles. The second-order valence-electron chi connectivity index (χ2n) is 5.76. The highest BCUT2D eigenvalue weighted by molar-refractivity contribution is 5.85. The predicted molar refractivity (Wildman–Crippen MR) is 89.8 cm³/mol. The fraction of sp³-hybridized carbons (Fsp3) is 0.588. The van der Waals surface area contributed by atoms with Crippen LogP contribution in [-0.4, -0.2) is 25.5 Å². The van der Waals surface area contributed by atoms with Gasteiger partial charge in [-0.2, -0.15) is 0 Å². The Hall–Kier alpha value is -1.06. The maximum absolute atomic E-state index is 11.9. The number of halogens is 1. The van der Waals surface area contributed by atoms with Crippen LogP contribution in [0.5, 0.6) is 0 Å². The molecule has 0 aromatic heterocycles. The van der Waals surface area contributed by atoms with Gasteiger partial charge in [0.25, 0.3) is 0 Å². The standard InChI is InChI=1S/C17H26N2O.ClH/c1-18-12-11-17(20)19-16-10-6-5-9-15(16)13-14-7-3-2-4-8-14;/h2-4,7-8,15-16,18H,5-6,9-13H2,1H3,(H,19,20);1H. The Kier molecular flexibility index (Phi) is 8.40. The van der Waals surface area contributed by atoms with E-state index in [1.165, 1.54) is 24.8 Å². The molecule has 0 aliphatic heterocycles. The van der Waals surface area contributed by atoms with E-state index in [9.17, 15) is 4.79 Å². The van der Waals surface area contributed by atoms with Gasteiger partial charge in [-0.1, -0.05) is 43.2 Å². The van der Waals surface area contributed by atoms with E-state index >= 15 is 0 Å². The molecule has 2 unspecified atom stereocenters. The molecule has 2 atom stereocenters. The predicted octanol–water partition coefficient (Wildman–Crippen LogP) is 2.94. The SMILES string of the molecule is CNCCC(=O)NC1CCCCC1Cc1ccccc1.Cl. The molecule has 118 valence electrons. The number of hydrogen-bond donors (Lipinski definition) is 2. The first kappa shape index (κ1) is 18.0. The molecule has 1 aliphatic carbocycles. The van der Waals surface area contributed by atoms with Gasteiger partial charge in [-0.25, -0.2) is 0 Å². The number of hydrogen-bond acceptors (Lipinski definition) is 2. The molecule has 1 aliphatic rings. The van der Waals surface area contributed by atoms with Crippen LogP contribution in [0.1, 0.15) is 37.7 Å². The van der Waals surface area contributed by atoms with Gasteiger partial charge in [-0.3, -0.25) is 4.79 Å². The van der Waals surface area contributed by atoms with Crippen molar-refractivity contribution in [3.63, 3.8) is 0 Å². The van der Waals surface area contributed by atoms with Crippen LogP contribution in [0.4, 0.5) is 0 Å². The Morgan fingerprint density at radius 2 is 1.90 bits per heavy atom. The maximum Gasteiger partial charge on any atom is 0.221 e. The summed E-state index contributed by atoms with van der Waals surface area (Å²) in [6.45, 7) is 0.752. The molecule has 1 saturated carbocycles. The summed E-state index contributed by atoms with van der Waals surface area (Å²) in [5.74, 6) is 0.772. The van der Waals surface area contributed by atoms with Gasteiger partial charge in [0.15, 0.2) is 0 Å². The fourth-order valence-electron chi connectivity index (χ4n) is 3.08. The van der Waals surface area contributed by atoms with Gasteiger partial charge < -0.3 is 10.6 Å². The molecule has 0 spiro atoms. The van der Waals surface area contributed by atoms with Crippen molar-refractivity contribution in [1.29, 1.82) is 0 Å². The Morgan fingerprint density at radius 1 is 1.19 bits per heavy atom. The molecule has 2 rings (SSSR count). The molecule has 4 heteroatoms. The minimum atomic E-state index is 0. The van der Waals surface area contributed by atoms with Crippen molar-refractivity contribution in [1.82, 2.24) is 10.6 Å². The van der Waals surface area contributed by atoms with Crippen LogP contribution in [0.3, 0.4) is 0 Å². The van der Waals surface area contributed by atoms with Gasteiger partial charge in [-0.05, 0) is 37.8 Å². The maximum atomic E-state index is 11.9. The molecule has 2 N–H and O–H groups in total. The Bertz CT molecular complexity index is 411. The van der Waals surface area contributed by atoms with E-state index in [-0.39, 0.29) is 18.3 Å². The molecule has 21 heavy (non-hydrogen) atoms. The van der Waals surface area contributed by atoms with Gasteiger partial charge in [0.2, 0.25) is 5.91 Å². The first-order chi connectivity index (χ1) is 9.79. The van der Waals surface area contributed by atoms with E-state index in [1.807, 2.05) is 7.05 Å². The van der Waals surface area contributed by atoms with Crippen LogP contribution in [0, 0.1) is 5.92 Å². The van der Waals surface area contributed by atoms with Crippen LogP contribution in [-0.2, 0) is 11.2 Å². The monoisotopic (exact) mass is 310 g/mol. The zero-order valence-electron chi connectivity index (χ0n) is 12.8. The number of carbonyl (C=O) groups excluding carboxylic acids is 1. The zero-order valence-corrected chi connectivity index (χ0v) is 13.6. The number of nitrogens with one attached hydrogen (secondary N) is 2. The molecule has 1 amide bonds. The van der Waals surface area contributed by atoms with Gasteiger partial charge in [0.1, 0.15) is 0 Å². The summed E-state index contributed by atoms with van der Waals surface area (Å²) in [5.41, 5.74) is 1.38. The van der Waals surface area contributed by atoms with Crippen molar-refractivity contribution < 1.29 is 4.79 Å². The van der Waals surface area contributed by atoms with Crippen LogP contribution in [0.15, 0.2) is 30.3 Å². The highest BCUT2D eigenvalue weighted by atomic mass is 35.5. The van der Waals surface area contributed by atoms with Crippen molar-refractivity contribution in [3.05, 3.63) is 35.9 Å². The summed E-state index contributed by atoms with van der Waals surface area (Å²) < 4.78 is 0. The number of amides is 1. The van der Waals surface area contributed by atoms with Crippen molar-refractivity contribution in [2.75, 3.05) is 13.6 Å². The van der Waals surface area contributed by atoms with E-state index in [4.69, 9.17) is 0 Å². The Balaban J connectivity index is 0.00000220.